The number of rotatable bonds is 4. The van der Waals surface area contributed by atoms with Gasteiger partial charge < -0.3 is 0 Å². The molecule has 3 N–H and O–H groups in total. The summed E-state index contributed by atoms with van der Waals surface area (Å²) in [6.07, 6.45) is 2.46. The van der Waals surface area contributed by atoms with Crippen LogP contribution >= 0.6 is 11.3 Å². The number of nitrogens with zero attached hydrogens (tertiary/aromatic N) is 1. The van der Waals surface area contributed by atoms with Crippen LogP contribution in [0.3, 0.4) is 0 Å². The van der Waals surface area contributed by atoms with Crippen molar-refractivity contribution in [2.24, 2.45) is 5.84 Å². The highest BCUT2D eigenvalue weighted by atomic mass is 32.1. The van der Waals surface area contributed by atoms with Crippen LogP contribution in [0, 0.1) is 12.7 Å². The number of aromatic nitrogens is 1. The van der Waals surface area contributed by atoms with Crippen LogP contribution in [0.25, 0.3) is 0 Å². The van der Waals surface area contributed by atoms with Crippen molar-refractivity contribution in [3.05, 3.63) is 51.7 Å². The van der Waals surface area contributed by atoms with Crippen LogP contribution in [0.4, 0.5) is 4.39 Å². The molecule has 0 saturated heterocycles. The number of thiazole rings is 1. The van der Waals surface area contributed by atoms with E-state index in [-0.39, 0.29) is 11.9 Å². The molecule has 3 nitrogen and oxygen atoms in total. The van der Waals surface area contributed by atoms with Crippen molar-refractivity contribution >= 4 is 11.3 Å². The first-order valence-electron chi connectivity index (χ1n) is 5.32. The summed E-state index contributed by atoms with van der Waals surface area (Å²) in [5.41, 5.74) is 3.66. The van der Waals surface area contributed by atoms with Gasteiger partial charge in [-0.3, -0.25) is 11.3 Å². The summed E-state index contributed by atoms with van der Waals surface area (Å²) in [5.74, 6) is 5.31. The molecule has 0 spiro atoms. The van der Waals surface area contributed by atoms with E-state index < -0.39 is 0 Å². The third-order valence-electron chi connectivity index (χ3n) is 2.51. The maximum absolute atomic E-state index is 13.1. The van der Waals surface area contributed by atoms with Crippen molar-refractivity contribution in [2.75, 3.05) is 0 Å². The second-order valence-electron chi connectivity index (χ2n) is 3.83. The van der Waals surface area contributed by atoms with E-state index in [1.165, 1.54) is 12.1 Å². The number of hydrogen-bond donors (Lipinski definition) is 2. The van der Waals surface area contributed by atoms with Gasteiger partial charge in [0, 0.05) is 11.1 Å². The summed E-state index contributed by atoms with van der Waals surface area (Å²) < 4.78 is 13.1. The number of nitrogens with one attached hydrogen (secondary N) is 1. The average Bonchev–Trinajstić information content (AvgIpc) is 2.73. The molecule has 0 aliphatic heterocycles. The molecule has 1 heterocycles. The monoisotopic (exact) mass is 251 g/mol. The largest absolute Gasteiger partial charge is 0.271 e. The lowest BCUT2D eigenvalue weighted by Crippen LogP contribution is -2.29. The number of benzene rings is 1. The van der Waals surface area contributed by atoms with Crippen molar-refractivity contribution in [1.29, 1.82) is 0 Å². The van der Waals surface area contributed by atoms with E-state index in [0.717, 1.165) is 15.4 Å². The third kappa shape index (κ3) is 3.09. The Hall–Kier alpha value is -1.30. The summed E-state index contributed by atoms with van der Waals surface area (Å²) in [6, 6.07) is 6.53. The van der Waals surface area contributed by atoms with Crippen molar-refractivity contribution in [3.63, 3.8) is 0 Å². The smallest absolute Gasteiger partial charge is 0.123 e. The van der Waals surface area contributed by atoms with Crippen molar-refractivity contribution in [2.45, 2.75) is 19.4 Å². The maximum Gasteiger partial charge on any atom is 0.123 e. The van der Waals surface area contributed by atoms with Crippen molar-refractivity contribution in [1.82, 2.24) is 10.4 Å². The topological polar surface area (TPSA) is 50.9 Å². The Morgan fingerprint density at radius 1 is 1.53 bits per heavy atom. The highest BCUT2D eigenvalue weighted by molar-refractivity contribution is 7.11. The lowest BCUT2D eigenvalue weighted by atomic mass is 10.1. The molecule has 1 aromatic carbocycles. The minimum absolute atomic E-state index is 0.0250. The van der Waals surface area contributed by atoms with E-state index in [1.54, 1.807) is 17.4 Å². The molecule has 0 aliphatic carbocycles. The van der Waals surface area contributed by atoms with Crippen molar-refractivity contribution < 1.29 is 4.39 Å². The van der Waals surface area contributed by atoms with E-state index in [9.17, 15) is 4.39 Å². The van der Waals surface area contributed by atoms with E-state index >= 15 is 0 Å². The van der Waals surface area contributed by atoms with Gasteiger partial charge in [0.25, 0.3) is 0 Å². The zero-order valence-electron chi connectivity index (χ0n) is 9.48. The Balaban J connectivity index is 2.15. The SMILES string of the molecule is Cc1ncc(C(Cc2cccc(F)c2)NN)s1. The molecule has 0 saturated carbocycles. The zero-order chi connectivity index (χ0) is 12.3. The number of aryl methyl sites for hydroxylation is 1. The van der Waals surface area contributed by atoms with Gasteiger partial charge in [-0.05, 0) is 31.0 Å². The fourth-order valence-corrected chi connectivity index (χ4v) is 2.53. The van der Waals surface area contributed by atoms with Gasteiger partial charge in [0.15, 0.2) is 0 Å². The normalized spacial score (nSPS) is 12.6. The maximum atomic E-state index is 13.1. The molecule has 1 aromatic heterocycles. The van der Waals surface area contributed by atoms with E-state index in [4.69, 9.17) is 5.84 Å². The highest BCUT2D eigenvalue weighted by Gasteiger charge is 2.13. The predicted molar refractivity (Wildman–Crippen MR) is 67.0 cm³/mol. The van der Waals surface area contributed by atoms with Crippen LogP contribution in [-0.2, 0) is 6.42 Å². The molecular weight excluding hydrogens is 237 g/mol. The molecule has 17 heavy (non-hydrogen) atoms. The van der Waals surface area contributed by atoms with Gasteiger partial charge in [-0.2, -0.15) is 0 Å². The molecule has 90 valence electrons. The molecular formula is C12H14FN3S. The standard InChI is InChI=1S/C12H14FN3S/c1-8-15-7-12(17-8)11(16-14)6-9-3-2-4-10(13)5-9/h2-5,7,11,16H,6,14H2,1H3. The minimum atomic E-state index is -0.223. The lowest BCUT2D eigenvalue weighted by molar-refractivity contribution is 0.556. The Labute approximate surface area is 103 Å². The molecule has 0 aliphatic rings. The first kappa shape index (κ1) is 12.2. The first-order valence-corrected chi connectivity index (χ1v) is 6.13. The Morgan fingerprint density at radius 3 is 2.94 bits per heavy atom. The molecule has 0 amide bonds. The molecule has 2 aromatic rings. The van der Waals surface area contributed by atoms with Crippen LogP contribution < -0.4 is 11.3 Å². The molecule has 0 bridgehead atoms. The fraction of sp³-hybridized carbons (Fsp3) is 0.250. The highest BCUT2D eigenvalue weighted by Crippen LogP contribution is 2.23. The summed E-state index contributed by atoms with van der Waals surface area (Å²) in [5, 5.41) is 1.000. The molecule has 1 unspecified atom stereocenters. The number of halogens is 1. The van der Waals surface area contributed by atoms with Gasteiger partial charge >= 0.3 is 0 Å². The van der Waals surface area contributed by atoms with Gasteiger partial charge in [0.1, 0.15) is 5.82 Å². The Bertz CT molecular complexity index is 498. The first-order chi connectivity index (χ1) is 8.19. The average molecular weight is 251 g/mol. The van der Waals surface area contributed by atoms with Crippen LogP contribution in [-0.4, -0.2) is 4.98 Å². The zero-order valence-corrected chi connectivity index (χ0v) is 10.3. The van der Waals surface area contributed by atoms with Gasteiger partial charge in [0.2, 0.25) is 0 Å². The number of nitrogens with two attached hydrogens (primary N) is 1. The molecule has 2 rings (SSSR count). The second kappa shape index (κ2) is 5.35. The Morgan fingerprint density at radius 2 is 2.35 bits per heavy atom. The predicted octanol–water partition coefficient (Wildman–Crippen LogP) is 2.34. The summed E-state index contributed by atoms with van der Waals surface area (Å²) >= 11 is 1.60. The number of hydrazine groups is 1. The van der Waals surface area contributed by atoms with Crippen LogP contribution in [0.1, 0.15) is 21.5 Å². The summed E-state index contributed by atoms with van der Waals surface area (Å²) in [7, 11) is 0. The summed E-state index contributed by atoms with van der Waals surface area (Å²) in [4.78, 5) is 5.26. The van der Waals surface area contributed by atoms with Crippen LogP contribution in [0.2, 0.25) is 0 Å². The molecule has 5 heteroatoms. The second-order valence-corrected chi connectivity index (χ2v) is 5.10. The van der Waals surface area contributed by atoms with Gasteiger partial charge in [-0.1, -0.05) is 12.1 Å². The molecule has 0 fully saturated rings. The van der Waals surface area contributed by atoms with Gasteiger partial charge in [0.05, 0.1) is 11.0 Å². The van der Waals surface area contributed by atoms with E-state index in [0.29, 0.717) is 6.42 Å². The van der Waals surface area contributed by atoms with Gasteiger partial charge in [-0.25, -0.2) is 9.37 Å². The van der Waals surface area contributed by atoms with Crippen LogP contribution in [0.15, 0.2) is 30.5 Å². The molecule has 1 atom stereocenters. The quantitative estimate of drug-likeness (QED) is 0.648. The fourth-order valence-electron chi connectivity index (χ4n) is 1.68. The minimum Gasteiger partial charge on any atom is -0.271 e. The molecule has 0 radical (unpaired) electrons. The summed E-state index contributed by atoms with van der Waals surface area (Å²) in [6.45, 7) is 1.95. The Kier molecular flexibility index (Phi) is 3.83. The van der Waals surface area contributed by atoms with E-state index in [1.807, 2.05) is 19.2 Å². The lowest BCUT2D eigenvalue weighted by Gasteiger charge is -2.13. The third-order valence-corrected chi connectivity index (χ3v) is 3.54. The van der Waals surface area contributed by atoms with Gasteiger partial charge in [-0.15, -0.1) is 11.3 Å². The van der Waals surface area contributed by atoms with Crippen LogP contribution in [0.5, 0.6) is 0 Å². The van der Waals surface area contributed by atoms with Crippen molar-refractivity contribution in [3.8, 4) is 0 Å². The van der Waals surface area contributed by atoms with E-state index in [2.05, 4.69) is 10.4 Å². The number of hydrogen-bond acceptors (Lipinski definition) is 4.